The first-order chi connectivity index (χ1) is 6.66. The van der Waals surface area contributed by atoms with E-state index in [4.69, 9.17) is 5.11 Å². The second-order valence-electron chi connectivity index (χ2n) is 2.74. The number of rotatable bonds is 1. The average molecular weight is 253 g/mol. The van der Waals surface area contributed by atoms with Crippen molar-refractivity contribution in [1.29, 1.82) is 0 Å². The van der Waals surface area contributed by atoms with Crippen LogP contribution in [0, 0.1) is 18.8 Å². The second-order valence-corrected chi connectivity index (χ2v) is 3.30. The molecule has 0 aliphatic carbocycles. The summed E-state index contributed by atoms with van der Waals surface area (Å²) in [5, 5.41) is 9.45. The van der Waals surface area contributed by atoms with Crippen molar-refractivity contribution in [3.63, 3.8) is 0 Å². The molecule has 2 nitrogen and oxygen atoms in total. The van der Waals surface area contributed by atoms with E-state index in [1.807, 2.05) is 13.0 Å². The summed E-state index contributed by atoms with van der Waals surface area (Å²) in [5.41, 5.74) is 1.75. The Morgan fingerprint density at radius 1 is 1.57 bits per heavy atom. The molecule has 0 atom stereocenters. The van der Waals surface area contributed by atoms with Gasteiger partial charge in [-0.2, -0.15) is 0 Å². The van der Waals surface area contributed by atoms with E-state index in [0.717, 1.165) is 5.56 Å². The molecule has 1 aromatic carbocycles. The van der Waals surface area contributed by atoms with E-state index in [9.17, 15) is 4.79 Å². The van der Waals surface area contributed by atoms with Gasteiger partial charge in [0.15, 0.2) is 0 Å². The first-order valence-electron chi connectivity index (χ1n) is 4.04. The highest BCUT2D eigenvalue weighted by Crippen LogP contribution is 2.12. The van der Waals surface area contributed by atoms with Crippen LogP contribution in [0.2, 0.25) is 0 Å². The van der Waals surface area contributed by atoms with E-state index in [-0.39, 0.29) is 5.56 Å². The molecule has 0 heterocycles. The van der Waals surface area contributed by atoms with Gasteiger partial charge < -0.3 is 5.11 Å². The summed E-state index contributed by atoms with van der Waals surface area (Å²) in [5.74, 6) is 4.70. The number of halogens is 1. The summed E-state index contributed by atoms with van der Waals surface area (Å²) in [6.45, 7) is 1.85. The standard InChI is InChI=1S/C11H9BrO2/c1-8-4-2-5-10(11(13)14)9(8)6-3-7-12/h2,4-5H,7H2,1H3,(H,13,14). The highest BCUT2D eigenvalue weighted by Gasteiger charge is 2.09. The Morgan fingerprint density at radius 2 is 2.29 bits per heavy atom. The molecule has 0 saturated carbocycles. The summed E-state index contributed by atoms with van der Waals surface area (Å²) in [6.07, 6.45) is 0. The lowest BCUT2D eigenvalue weighted by Crippen LogP contribution is -2.01. The van der Waals surface area contributed by atoms with Crippen LogP contribution >= 0.6 is 15.9 Å². The van der Waals surface area contributed by atoms with Gasteiger partial charge in [-0.05, 0) is 18.6 Å². The fourth-order valence-corrected chi connectivity index (χ4v) is 1.27. The maximum absolute atomic E-state index is 10.9. The number of hydrogen-bond donors (Lipinski definition) is 1. The zero-order chi connectivity index (χ0) is 10.6. The van der Waals surface area contributed by atoms with Crippen LogP contribution in [0.3, 0.4) is 0 Å². The largest absolute Gasteiger partial charge is 0.478 e. The monoisotopic (exact) mass is 252 g/mol. The van der Waals surface area contributed by atoms with E-state index in [1.54, 1.807) is 12.1 Å². The van der Waals surface area contributed by atoms with Gasteiger partial charge in [0.25, 0.3) is 0 Å². The van der Waals surface area contributed by atoms with Gasteiger partial charge in [-0.15, -0.1) is 0 Å². The molecule has 3 heteroatoms. The molecule has 14 heavy (non-hydrogen) atoms. The first kappa shape index (κ1) is 10.8. The molecule has 0 amide bonds. The van der Waals surface area contributed by atoms with Crippen molar-refractivity contribution in [3.8, 4) is 11.8 Å². The Kier molecular flexibility index (Phi) is 3.73. The van der Waals surface area contributed by atoms with Crippen LogP contribution < -0.4 is 0 Å². The zero-order valence-corrected chi connectivity index (χ0v) is 9.26. The number of aromatic carboxylic acids is 1. The van der Waals surface area contributed by atoms with Gasteiger partial charge in [-0.25, -0.2) is 4.79 Å². The van der Waals surface area contributed by atoms with Crippen LogP contribution in [0.15, 0.2) is 18.2 Å². The van der Waals surface area contributed by atoms with Crippen LogP contribution in [0.4, 0.5) is 0 Å². The SMILES string of the molecule is Cc1cccc(C(=O)O)c1C#CCBr. The number of carboxylic acid groups (broad SMARTS) is 1. The third kappa shape index (κ3) is 2.36. The maximum atomic E-state index is 10.9. The molecular formula is C11H9BrO2. The van der Waals surface area contributed by atoms with E-state index in [1.165, 1.54) is 0 Å². The van der Waals surface area contributed by atoms with Gasteiger partial charge in [0.1, 0.15) is 0 Å². The van der Waals surface area contributed by atoms with Gasteiger partial charge in [0, 0.05) is 5.56 Å². The maximum Gasteiger partial charge on any atom is 0.336 e. The number of hydrogen-bond acceptors (Lipinski definition) is 1. The van der Waals surface area contributed by atoms with E-state index < -0.39 is 5.97 Å². The Labute approximate surface area is 91.1 Å². The van der Waals surface area contributed by atoms with E-state index >= 15 is 0 Å². The van der Waals surface area contributed by atoms with E-state index in [0.29, 0.717) is 10.9 Å². The summed E-state index contributed by atoms with van der Waals surface area (Å²) < 4.78 is 0. The smallest absolute Gasteiger partial charge is 0.336 e. The molecule has 0 spiro atoms. The molecule has 0 fully saturated rings. The molecule has 72 valence electrons. The fourth-order valence-electron chi connectivity index (χ4n) is 1.13. The van der Waals surface area contributed by atoms with Crippen LogP contribution in [0.25, 0.3) is 0 Å². The van der Waals surface area contributed by atoms with Crippen LogP contribution in [0.1, 0.15) is 21.5 Å². The van der Waals surface area contributed by atoms with Crippen molar-refractivity contribution in [1.82, 2.24) is 0 Å². The lowest BCUT2D eigenvalue weighted by atomic mass is 10.0. The van der Waals surface area contributed by atoms with E-state index in [2.05, 4.69) is 27.8 Å². The third-order valence-electron chi connectivity index (χ3n) is 1.78. The number of carboxylic acids is 1. The minimum absolute atomic E-state index is 0.262. The number of benzene rings is 1. The van der Waals surface area contributed by atoms with Crippen molar-refractivity contribution < 1.29 is 9.90 Å². The zero-order valence-electron chi connectivity index (χ0n) is 7.67. The normalized spacial score (nSPS) is 9.00. The summed E-state index contributed by atoms with van der Waals surface area (Å²) >= 11 is 3.17. The lowest BCUT2D eigenvalue weighted by molar-refractivity contribution is 0.0696. The molecule has 1 aromatic rings. The lowest BCUT2D eigenvalue weighted by Gasteiger charge is -2.01. The molecule has 0 bridgehead atoms. The summed E-state index contributed by atoms with van der Waals surface area (Å²) in [6, 6.07) is 5.14. The van der Waals surface area contributed by atoms with Gasteiger partial charge in [0.05, 0.1) is 10.9 Å². The number of carbonyl (C=O) groups is 1. The average Bonchev–Trinajstić information content (AvgIpc) is 2.15. The van der Waals surface area contributed by atoms with Crippen molar-refractivity contribution >= 4 is 21.9 Å². The van der Waals surface area contributed by atoms with Gasteiger partial charge >= 0.3 is 5.97 Å². The van der Waals surface area contributed by atoms with Crippen molar-refractivity contribution in [2.24, 2.45) is 0 Å². The molecule has 1 rings (SSSR count). The molecule has 0 radical (unpaired) electrons. The van der Waals surface area contributed by atoms with Crippen LogP contribution in [-0.2, 0) is 0 Å². The van der Waals surface area contributed by atoms with Gasteiger partial charge in [-0.3, -0.25) is 0 Å². The van der Waals surface area contributed by atoms with Crippen molar-refractivity contribution in [2.45, 2.75) is 6.92 Å². The molecule has 0 unspecified atom stereocenters. The quantitative estimate of drug-likeness (QED) is 0.616. The minimum Gasteiger partial charge on any atom is -0.478 e. The van der Waals surface area contributed by atoms with Gasteiger partial charge in [0.2, 0.25) is 0 Å². The molecule has 0 aliphatic rings. The number of aryl methyl sites for hydroxylation is 1. The number of alkyl halides is 1. The van der Waals surface area contributed by atoms with Crippen LogP contribution in [-0.4, -0.2) is 16.4 Å². The molecule has 1 N–H and O–H groups in total. The topological polar surface area (TPSA) is 37.3 Å². The Balaban J connectivity index is 3.29. The van der Waals surface area contributed by atoms with Crippen molar-refractivity contribution in [3.05, 3.63) is 34.9 Å². The fraction of sp³-hybridized carbons (Fsp3) is 0.182. The minimum atomic E-state index is -0.937. The molecule has 0 aliphatic heterocycles. The highest BCUT2D eigenvalue weighted by molar-refractivity contribution is 9.09. The van der Waals surface area contributed by atoms with Gasteiger partial charge in [-0.1, -0.05) is 39.9 Å². The Morgan fingerprint density at radius 3 is 2.86 bits per heavy atom. The second kappa shape index (κ2) is 4.83. The summed E-state index contributed by atoms with van der Waals surface area (Å²) in [4.78, 5) is 10.9. The Hall–Kier alpha value is -1.27. The molecule has 0 saturated heterocycles. The predicted molar refractivity (Wildman–Crippen MR) is 58.8 cm³/mol. The van der Waals surface area contributed by atoms with Crippen LogP contribution in [0.5, 0.6) is 0 Å². The highest BCUT2D eigenvalue weighted by atomic mass is 79.9. The molecular weight excluding hydrogens is 244 g/mol. The summed E-state index contributed by atoms with van der Waals surface area (Å²) in [7, 11) is 0. The Bertz CT molecular complexity index is 413. The third-order valence-corrected chi connectivity index (χ3v) is 2.06. The van der Waals surface area contributed by atoms with Crippen molar-refractivity contribution in [2.75, 3.05) is 5.33 Å². The molecule has 0 aromatic heterocycles. The predicted octanol–water partition coefficient (Wildman–Crippen LogP) is 2.44. The first-order valence-corrected chi connectivity index (χ1v) is 5.16.